The number of carbonyl (C=O) groups is 1. The fourth-order valence-corrected chi connectivity index (χ4v) is 6.03. The molecule has 0 bridgehead atoms. The average Bonchev–Trinajstić information content (AvgIpc) is 2.93. The highest BCUT2D eigenvalue weighted by Gasteiger charge is 2.56. The Labute approximate surface area is 152 Å². The molecule has 1 aromatic heterocycles. The second kappa shape index (κ2) is 4.87. The monoisotopic (exact) mass is 358 g/mol. The van der Waals surface area contributed by atoms with Crippen LogP contribution < -0.4 is 4.90 Å². The smallest absolute Gasteiger partial charge is 0.225 e. The molecule has 1 unspecified atom stereocenters. The van der Waals surface area contributed by atoms with Crippen LogP contribution in [0, 0.1) is 23.2 Å². The van der Waals surface area contributed by atoms with Crippen molar-refractivity contribution in [2.75, 3.05) is 31.1 Å². The molecule has 3 heterocycles. The van der Waals surface area contributed by atoms with E-state index in [0.717, 1.165) is 81.6 Å². The number of hydrogen-bond acceptors (Lipinski definition) is 4. The molecule has 6 heteroatoms. The van der Waals surface area contributed by atoms with Crippen LogP contribution in [-0.4, -0.2) is 47.0 Å². The van der Waals surface area contributed by atoms with Crippen LogP contribution >= 0.6 is 11.6 Å². The van der Waals surface area contributed by atoms with E-state index < -0.39 is 0 Å². The molecular weight excluding hydrogens is 336 g/mol. The van der Waals surface area contributed by atoms with Crippen molar-refractivity contribution in [2.45, 2.75) is 38.5 Å². The Kier molecular flexibility index (Phi) is 2.88. The number of amides is 1. The van der Waals surface area contributed by atoms with Crippen LogP contribution in [0.3, 0.4) is 0 Å². The van der Waals surface area contributed by atoms with Crippen LogP contribution in [0.1, 0.15) is 36.9 Å². The zero-order valence-electron chi connectivity index (χ0n) is 14.4. The summed E-state index contributed by atoms with van der Waals surface area (Å²) in [5.74, 6) is 3.59. The summed E-state index contributed by atoms with van der Waals surface area (Å²) >= 11 is 6.12. The summed E-state index contributed by atoms with van der Waals surface area (Å²) in [5, 5.41) is 0.377. The van der Waals surface area contributed by atoms with Gasteiger partial charge < -0.3 is 9.80 Å². The Bertz CT molecular complexity index is 757. The number of hydrogen-bond donors (Lipinski definition) is 0. The number of aryl methyl sites for hydroxylation is 1. The van der Waals surface area contributed by atoms with Gasteiger partial charge in [0.15, 0.2) is 0 Å². The molecule has 6 rings (SSSR count). The van der Waals surface area contributed by atoms with E-state index in [0.29, 0.717) is 22.5 Å². The van der Waals surface area contributed by atoms with Crippen LogP contribution in [-0.2, 0) is 17.6 Å². The molecule has 1 aromatic rings. The Morgan fingerprint density at radius 3 is 2.56 bits per heavy atom. The van der Waals surface area contributed by atoms with E-state index in [4.69, 9.17) is 11.6 Å². The molecule has 3 atom stereocenters. The van der Waals surface area contributed by atoms with Gasteiger partial charge in [-0.25, -0.2) is 9.97 Å². The van der Waals surface area contributed by atoms with Crippen molar-refractivity contribution in [3.05, 3.63) is 16.5 Å². The van der Waals surface area contributed by atoms with Gasteiger partial charge in [-0.2, -0.15) is 0 Å². The third-order valence-electron chi connectivity index (χ3n) is 7.19. The topological polar surface area (TPSA) is 49.3 Å². The molecule has 1 amide bonds. The summed E-state index contributed by atoms with van der Waals surface area (Å²) in [6.07, 6.45) is 6.95. The number of likely N-dealkylation sites (tertiary alicyclic amines) is 1. The maximum atomic E-state index is 12.6. The van der Waals surface area contributed by atoms with E-state index in [1.165, 1.54) is 12.0 Å². The lowest BCUT2D eigenvalue weighted by Crippen LogP contribution is -2.73. The third kappa shape index (κ3) is 2.17. The van der Waals surface area contributed by atoms with Gasteiger partial charge in [0.25, 0.3) is 0 Å². The molecule has 0 N–H and O–H groups in total. The van der Waals surface area contributed by atoms with Crippen molar-refractivity contribution in [2.24, 2.45) is 23.2 Å². The van der Waals surface area contributed by atoms with Crippen molar-refractivity contribution >= 4 is 23.3 Å². The van der Waals surface area contributed by atoms with Crippen molar-refractivity contribution in [3.63, 3.8) is 0 Å². The predicted molar refractivity (Wildman–Crippen MR) is 94.6 cm³/mol. The number of fused-ring (bicyclic) bond motifs is 2. The highest BCUT2D eigenvalue weighted by atomic mass is 35.5. The SMILES string of the molecule is O=C(C1C[C@@H]2C[C@@H]2C1)N1CC2(C1)CN(c1nc(Cl)nc3c1CCC3)C2. The van der Waals surface area contributed by atoms with Gasteiger partial charge >= 0.3 is 0 Å². The van der Waals surface area contributed by atoms with E-state index >= 15 is 0 Å². The lowest BCUT2D eigenvalue weighted by atomic mass is 9.72. The van der Waals surface area contributed by atoms with Crippen molar-refractivity contribution < 1.29 is 4.79 Å². The second-order valence-electron chi connectivity index (χ2n) is 9.07. The number of aromatic nitrogens is 2. The lowest BCUT2D eigenvalue weighted by Gasteiger charge is -2.61. The van der Waals surface area contributed by atoms with Crippen LogP contribution in [0.15, 0.2) is 0 Å². The maximum absolute atomic E-state index is 12.6. The largest absolute Gasteiger partial charge is 0.355 e. The van der Waals surface area contributed by atoms with Crippen LogP contribution in [0.2, 0.25) is 5.28 Å². The predicted octanol–water partition coefficient (Wildman–Crippen LogP) is 2.31. The van der Waals surface area contributed by atoms with Crippen LogP contribution in [0.25, 0.3) is 0 Å². The lowest BCUT2D eigenvalue weighted by molar-refractivity contribution is -0.149. The number of rotatable bonds is 2. The first kappa shape index (κ1) is 14.8. The summed E-state index contributed by atoms with van der Waals surface area (Å²) in [4.78, 5) is 26.0. The summed E-state index contributed by atoms with van der Waals surface area (Å²) < 4.78 is 0. The fraction of sp³-hybridized carbons (Fsp3) is 0.737. The Morgan fingerprint density at radius 2 is 1.80 bits per heavy atom. The normalized spacial score (nSPS) is 33.7. The van der Waals surface area contributed by atoms with Crippen molar-refractivity contribution in [1.29, 1.82) is 0 Å². The van der Waals surface area contributed by atoms with Gasteiger partial charge in [0.05, 0.1) is 5.69 Å². The number of halogens is 1. The Morgan fingerprint density at radius 1 is 1.04 bits per heavy atom. The number of nitrogens with zero attached hydrogens (tertiary/aromatic N) is 4. The molecule has 2 saturated heterocycles. The third-order valence-corrected chi connectivity index (χ3v) is 7.36. The Hall–Kier alpha value is -1.36. The molecule has 25 heavy (non-hydrogen) atoms. The average molecular weight is 359 g/mol. The summed E-state index contributed by atoms with van der Waals surface area (Å²) in [7, 11) is 0. The molecule has 0 aromatic carbocycles. The molecule has 2 aliphatic heterocycles. The number of carbonyl (C=O) groups excluding carboxylic acids is 1. The maximum Gasteiger partial charge on any atom is 0.225 e. The minimum Gasteiger partial charge on any atom is -0.355 e. The van der Waals surface area contributed by atoms with Gasteiger partial charge in [0, 0.05) is 43.1 Å². The van der Waals surface area contributed by atoms with Gasteiger partial charge in [-0.15, -0.1) is 0 Å². The first-order valence-electron chi connectivity index (χ1n) is 9.69. The van der Waals surface area contributed by atoms with Crippen LogP contribution in [0.4, 0.5) is 5.82 Å². The first-order chi connectivity index (χ1) is 12.1. The van der Waals surface area contributed by atoms with Crippen molar-refractivity contribution in [3.8, 4) is 0 Å². The van der Waals surface area contributed by atoms with Gasteiger partial charge in [0.1, 0.15) is 5.82 Å². The van der Waals surface area contributed by atoms with Gasteiger partial charge in [-0.1, -0.05) is 0 Å². The van der Waals surface area contributed by atoms with E-state index in [2.05, 4.69) is 19.8 Å². The molecule has 0 radical (unpaired) electrons. The molecule has 1 spiro atoms. The zero-order chi connectivity index (χ0) is 16.8. The molecule has 132 valence electrons. The van der Waals surface area contributed by atoms with Crippen LogP contribution in [0.5, 0.6) is 0 Å². The molecule has 5 nitrogen and oxygen atoms in total. The van der Waals surface area contributed by atoms with Crippen molar-refractivity contribution in [1.82, 2.24) is 14.9 Å². The highest BCUT2D eigenvalue weighted by Crippen LogP contribution is 2.55. The zero-order valence-corrected chi connectivity index (χ0v) is 15.1. The molecule has 5 aliphatic rings. The Balaban J connectivity index is 1.11. The van der Waals surface area contributed by atoms with E-state index in [1.54, 1.807) is 0 Å². The number of anilines is 1. The summed E-state index contributed by atoms with van der Waals surface area (Å²) in [5.41, 5.74) is 2.75. The van der Waals surface area contributed by atoms with E-state index in [9.17, 15) is 4.79 Å². The fourth-order valence-electron chi connectivity index (χ4n) is 5.85. The quantitative estimate of drug-likeness (QED) is 0.761. The minimum absolute atomic E-state index is 0.306. The first-order valence-corrected chi connectivity index (χ1v) is 10.1. The van der Waals surface area contributed by atoms with Gasteiger partial charge in [0.2, 0.25) is 11.2 Å². The minimum atomic E-state index is 0.306. The molecule has 3 aliphatic carbocycles. The second-order valence-corrected chi connectivity index (χ2v) is 9.41. The van der Waals surface area contributed by atoms with E-state index in [-0.39, 0.29) is 0 Å². The van der Waals surface area contributed by atoms with Gasteiger partial charge in [-0.05, 0) is 62.0 Å². The molecule has 4 fully saturated rings. The standard InChI is InChI=1S/C19H23ClN4O/c20-18-21-15-3-1-2-14(15)16(22-18)23-7-19(8-23)9-24(10-19)17(25)13-5-11-4-12(11)6-13/h11-13H,1-10H2/t11-,12+,13?. The summed E-state index contributed by atoms with van der Waals surface area (Å²) in [6, 6.07) is 0. The summed E-state index contributed by atoms with van der Waals surface area (Å²) in [6.45, 7) is 3.89. The molecule has 2 saturated carbocycles. The van der Waals surface area contributed by atoms with Gasteiger partial charge in [-0.3, -0.25) is 4.79 Å². The molecular formula is C19H23ClN4O. The highest BCUT2D eigenvalue weighted by molar-refractivity contribution is 6.28. The van der Waals surface area contributed by atoms with E-state index in [1.807, 2.05) is 0 Å².